The van der Waals surface area contributed by atoms with Gasteiger partial charge in [-0.1, -0.05) is 26.8 Å². The maximum absolute atomic E-state index is 13.6. The summed E-state index contributed by atoms with van der Waals surface area (Å²) in [5.41, 5.74) is 0.647. The van der Waals surface area contributed by atoms with Crippen LogP contribution in [0, 0.1) is 5.41 Å². The van der Waals surface area contributed by atoms with Crippen molar-refractivity contribution in [3.8, 4) is 11.5 Å². The minimum atomic E-state index is -3.05. The Morgan fingerprint density at radius 1 is 0.897 bits per heavy atom. The van der Waals surface area contributed by atoms with E-state index in [4.69, 9.17) is 0 Å². The molecule has 2 N–H and O–H groups in total. The second-order valence-corrected chi connectivity index (χ2v) is 7.88. The van der Waals surface area contributed by atoms with Crippen molar-refractivity contribution in [1.82, 2.24) is 24.9 Å². The Labute approximate surface area is 168 Å². The highest BCUT2D eigenvalue weighted by molar-refractivity contribution is 5.58. The Morgan fingerprint density at radius 2 is 1.66 bits per heavy atom. The number of nitrogens with zero attached hydrogens (tertiary/aromatic N) is 5. The standard InChI is InChI=1S/C20H23F2N7/c1-19(2,3)12-25-17-27-16(14-7-5-6-9-23-14)28-18(29-17)26-13-8-10-24-15(11-13)20(4,21)22/h5-11H,12H2,1-4H3,(H2,24,25,26,27,28,29). The number of hydrogen-bond acceptors (Lipinski definition) is 7. The third-order valence-electron chi connectivity index (χ3n) is 3.77. The molecule has 0 fully saturated rings. The lowest BCUT2D eigenvalue weighted by molar-refractivity contribution is 0.0128. The number of rotatable bonds is 6. The quantitative estimate of drug-likeness (QED) is 0.624. The van der Waals surface area contributed by atoms with Crippen LogP contribution in [-0.2, 0) is 5.92 Å². The van der Waals surface area contributed by atoms with E-state index in [1.807, 2.05) is 6.07 Å². The van der Waals surface area contributed by atoms with Gasteiger partial charge >= 0.3 is 0 Å². The van der Waals surface area contributed by atoms with Gasteiger partial charge in [-0.25, -0.2) is 0 Å². The predicted octanol–water partition coefficient (Wildman–Crippen LogP) is 4.64. The van der Waals surface area contributed by atoms with Crippen LogP contribution in [0.25, 0.3) is 11.5 Å². The van der Waals surface area contributed by atoms with Crippen LogP contribution >= 0.6 is 0 Å². The van der Waals surface area contributed by atoms with Crippen LogP contribution in [0.15, 0.2) is 42.7 Å². The van der Waals surface area contributed by atoms with Crippen LogP contribution in [0.4, 0.5) is 26.4 Å². The maximum Gasteiger partial charge on any atom is 0.287 e. The highest BCUT2D eigenvalue weighted by Crippen LogP contribution is 2.27. The largest absolute Gasteiger partial charge is 0.354 e. The SMILES string of the molecule is CC(C)(C)CNc1nc(Nc2ccnc(C(C)(F)F)c2)nc(-c2ccccn2)n1. The smallest absolute Gasteiger partial charge is 0.287 e. The molecule has 29 heavy (non-hydrogen) atoms. The van der Waals surface area contributed by atoms with Crippen molar-refractivity contribution in [1.29, 1.82) is 0 Å². The third kappa shape index (κ3) is 5.87. The average Bonchev–Trinajstić information content (AvgIpc) is 2.66. The monoisotopic (exact) mass is 399 g/mol. The molecule has 3 heterocycles. The molecule has 0 bridgehead atoms. The molecule has 152 valence electrons. The van der Waals surface area contributed by atoms with Crippen molar-refractivity contribution in [2.24, 2.45) is 5.41 Å². The van der Waals surface area contributed by atoms with E-state index in [1.165, 1.54) is 12.3 Å². The Morgan fingerprint density at radius 3 is 2.31 bits per heavy atom. The van der Waals surface area contributed by atoms with Gasteiger partial charge in [-0.2, -0.15) is 23.7 Å². The molecule has 0 aliphatic carbocycles. The molecule has 0 spiro atoms. The van der Waals surface area contributed by atoms with Gasteiger partial charge in [0.15, 0.2) is 5.82 Å². The van der Waals surface area contributed by atoms with Crippen molar-refractivity contribution in [3.63, 3.8) is 0 Å². The Bertz CT molecular complexity index is 967. The van der Waals surface area contributed by atoms with Crippen LogP contribution in [0.1, 0.15) is 33.4 Å². The second-order valence-electron chi connectivity index (χ2n) is 7.88. The third-order valence-corrected chi connectivity index (χ3v) is 3.77. The van der Waals surface area contributed by atoms with E-state index in [9.17, 15) is 8.78 Å². The van der Waals surface area contributed by atoms with E-state index in [2.05, 4.69) is 56.3 Å². The summed E-state index contributed by atoms with van der Waals surface area (Å²) in [5, 5.41) is 6.16. The second kappa shape index (κ2) is 8.02. The van der Waals surface area contributed by atoms with Gasteiger partial charge in [0, 0.05) is 31.5 Å². The number of anilines is 3. The topological polar surface area (TPSA) is 88.5 Å². The molecular formula is C20H23F2N7. The van der Waals surface area contributed by atoms with Gasteiger partial charge in [-0.3, -0.25) is 9.97 Å². The van der Waals surface area contributed by atoms with Crippen LogP contribution in [0.5, 0.6) is 0 Å². The Kier molecular flexibility index (Phi) is 5.67. The van der Waals surface area contributed by atoms with E-state index in [-0.39, 0.29) is 17.1 Å². The molecule has 0 saturated heterocycles. The molecule has 3 aromatic heterocycles. The molecule has 0 aromatic carbocycles. The van der Waals surface area contributed by atoms with Gasteiger partial charge in [-0.15, -0.1) is 0 Å². The number of aromatic nitrogens is 5. The van der Waals surface area contributed by atoms with Gasteiger partial charge in [-0.05, 0) is 29.7 Å². The van der Waals surface area contributed by atoms with Crippen molar-refractivity contribution in [2.45, 2.75) is 33.6 Å². The Hall–Kier alpha value is -3.23. The summed E-state index contributed by atoms with van der Waals surface area (Å²) in [4.78, 5) is 21.2. The maximum atomic E-state index is 13.6. The van der Waals surface area contributed by atoms with E-state index >= 15 is 0 Å². The molecule has 0 radical (unpaired) electrons. The van der Waals surface area contributed by atoms with Crippen LogP contribution in [0.3, 0.4) is 0 Å². The molecule has 0 aliphatic heterocycles. The zero-order chi connectivity index (χ0) is 21.1. The number of hydrogen-bond donors (Lipinski definition) is 2. The zero-order valence-corrected chi connectivity index (χ0v) is 16.7. The van der Waals surface area contributed by atoms with Gasteiger partial charge in [0.1, 0.15) is 11.4 Å². The molecule has 3 rings (SSSR count). The van der Waals surface area contributed by atoms with Crippen LogP contribution in [-0.4, -0.2) is 31.5 Å². The number of pyridine rings is 2. The normalized spacial score (nSPS) is 11.9. The molecule has 9 heteroatoms. The molecular weight excluding hydrogens is 376 g/mol. The first kappa shape index (κ1) is 20.5. The average molecular weight is 399 g/mol. The zero-order valence-electron chi connectivity index (χ0n) is 16.7. The van der Waals surface area contributed by atoms with E-state index < -0.39 is 5.92 Å². The fraction of sp³-hybridized carbons (Fsp3) is 0.350. The molecule has 0 saturated carbocycles. The summed E-state index contributed by atoms with van der Waals surface area (Å²) in [6.07, 6.45) is 2.96. The molecule has 0 unspecified atom stereocenters. The van der Waals surface area contributed by atoms with Crippen molar-refractivity contribution >= 4 is 17.6 Å². The number of alkyl halides is 2. The minimum Gasteiger partial charge on any atom is -0.354 e. The summed E-state index contributed by atoms with van der Waals surface area (Å²) in [5.74, 6) is -2.09. The van der Waals surface area contributed by atoms with Gasteiger partial charge in [0.05, 0.1) is 0 Å². The molecule has 0 aliphatic rings. The molecule has 7 nitrogen and oxygen atoms in total. The van der Waals surface area contributed by atoms with Gasteiger partial charge in [0.25, 0.3) is 5.92 Å². The highest BCUT2D eigenvalue weighted by atomic mass is 19.3. The fourth-order valence-electron chi connectivity index (χ4n) is 2.34. The molecule has 0 atom stereocenters. The van der Waals surface area contributed by atoms with E-state index in [1.54, 1.807) is 24.4 Å². The van der Waals surface area contributed by atoms with Crippen LogP contribution in [0.2, 0.25) is 0 Å². The summed E-state index contributed by atoms with van der Waals surface area (Å²) in [6.45, 7) is 7.70. The lowest BCUT2D eigenvalue weighted by Crippen LogP contribution is -2.21. The van der Waals surface area contributed by atoms with Crippen molar-refractivity contribution in [3.05, 3.63) is 48.4 Å². The first-order valence-corrected chi connectivity index (χ1v) is 9.13. The number of nitrogens with one attached hydrogen (secondary N) is 2. The minimum absolute atomic E-state index is 0.0120. The lowest BCUT2D eigenvalue weighted by atomic mass is 9.97. The van der Waals surface area contributed by atoms with Crippen molar-refractivity contribution < 1.29 is 8.78 Å². The van der Waals surface area contributed by atoms with Crippen molar-refractivity contribution in [2.75, 3.05) is 17.2 Å². The first-order chi connectivity index (χ1) is 13.6. The predicted molar refractivity (Wildman–Crippen MR) is 108 cm³/mol. The summed E-state index contributed by atoms with van der Waals surface area (Å²) in [7, 11) is 0. The fourth-order valence-corrected chi connectivity index (χ4v) is 2.34. The summed E-state index contributed by atoms with van der Waals surface area (Å²) in [6, 6.07) is 8.26. The summed E-state index contributed by atoms with van der Waals surface area (Å²) < 4.78 is 27.2. The van der Waals surface area contributed by atoms with Crippen LogP contribution < -0.4 is 10.6 Å². The van der Waals surface area contributed by atoms with E-state index in [0.717, 1.165) is 6.92 Å². The summed E-state index contributed by atoms with van der Waals surface area (Å²) >= 11 is 0. The van der Waals surface area contributed by atoms with Gasteiger partial charge < -0.3 is 10.6 Å². The lowest BCUT2D eigenvalue weighted by Gasteiger charge is -2.19. The van der Waals surface area contributed by atoms with E-state index in [0.29, 0.717) is 29.7 Å². The van der Waals surface area contributed by atoms with Gasteiger partial charge in [0.2, 0.25) is 11.9 Å². The molecule has 3 aromatic rings. The Balaban J connectivity index is 1.95. The highest BCUT2D eigenvalue weighted by Gasteiger charge is 2.26. The molecule has 0 amide bonds. The number of halogens is 2. The first-order valence-electron chi connectivity index (χ1n) is 9.13.